The number of carbonyl (C=O) groups excluding carboxylic acids is 2. The Morgan fingerprint density at radius 3 is 2.31 bits per heavy atom. The van der Waals surface area contributed by atoms with Crippen LogP contribution in [0.2, 0.25) is 0 Å². The fourth-order valence-electron chi connectivity index (χ4n) is 4.82. The van der Waals surface area contributed by atoms with Gasteiger partial charge in [0.25, 0.3) is 5.91 Å². The molecule has 0 saturated carbocycles. The Balaban J connectivity index is 1.70. The van der Waals surface area contributed by atoms with Gasteiger partial charge < -0.3 is 29.2 Å². The van der Waals surface area contributed by atoms with Gasteiger partial charge in [0.15, 0.2) is 11.5 Å². The summed E-state index contributed by atoms with van der Waals surface area (Å²) < 4.78 is 21.6. The second-order valence-electron chi connectivity index (χ2n) is 8.65. The number of ether oxygens (including phenoxy) is 4. The highest BCUT2D eigenvalue weighted by atomic mass is 16.5. The smallest absolute Gasteiger partial charge is 0.254 e. The summed E-state index contributed by atoms with van der Waals surface area (Å²) in [5, 5.41) is 3.11. The van der Waals surface area contributed by atoms with Crippen LogP contribution in [0.5, 0.6) is 17.2 Å². The van der Waals surface area contributed by atoms with E-state index < -0.39 is 12.0 Å². The molecule has 0 aliphatic carbocycles. The number of hydrogen-bond acceptors (Lipinski definition) is 7. The van der Waals surface area contributed by atoms with Crippen LogP contribution < -0.4 is 19.5 Å². The fourth-order valence-corrected chi connectivity index (χ4v) is 4.82. The SMILES string of the molecule is COc1ccc([C@H]2[C@H](C(=O)NCCN3CCOCC3)c3cc(OC)c(OC)cc3C(=O)N2C)cc1. The molecular weight excluding hydrogens is 450 g/mol. The number of morpholine rings is 1. The summed E-state index contributed by atoms with van der Waals surface area (Å²) in [5.41, 5.74) is 1.90. The van der Waals surface area contributed by atoms with Gasteiger partial charge in [-0.25, -0.2) is 0 Å². The molecule has 1 N–H and O–H groups in total. The number of amides is 2. The maximum atomic E-state index is 13.7. The minimum atomic E-state index is -0.634. The number of nitrogens with one attached hydrogen (secondary N) is 1. The van der Waals surface area contributed by atoms with Gasteiger partial charge in [0.05, 0.1) is 46.5 Å². The zero-order valence-corrected chi connectivity index (χ0v) is 20.7. The molecule has 9 nitrogen and oxygen atoms in total. The van der Waals surface area contributed by atoms with Crippen molar-refractivity contribution in [3.63, 3.8) is 0 Å². The first-order valence-corrected chi connectivity index (χ1v) is 11.7. The predicted octanol–water partition coefficient (Wildman–Crippen LogP) is 2.07. The maximum Gasteiger partial charge on any atom is 0.254 e. The van der Waals surface area contributed by atoms with E-state index in [4.69, 9.17) is 18.9 Å². The molecule has 0 radical (unpaired) electrons. The van der Waals surface area contributed by atoms with Gasteiger partial charge in [-0.3, -0.25) is 14.5 Å². The lowest BCUT2D eigenvalue weighted by atomic mass is 9.79. The first-order chi connectivity index (χ1) is 17.0. The number of nitrogens with zero attached hydrogens (tertiary/aromatic N) is 2. The van der Waals surface area contributed by atoms with Crippen LogP contribution in [-0.2, 0) is 9.53 Å². The normalized spacial score (nSPS) is 20.2. The van der Waals surface area contributed by atoms with E-state index in [1.54, 1.807) is 38.3 Å². The van der Waals surface area contributed by atoms with Crippen molar-refractivity contribution in [2.75, 3.05) is 67.8 Å². The minimum Gasteiger partial charge on any atom is -0.497 e. The molecule has 1 saturated heterocycles. The summed E-state index contributed by atoms with van der Waals surface area (Å²) >= 11 is 0. The zero-order valence-electron chi connectivity index (χ0n) is 20.7. The first kappa shape index (κ1) is 24.8. The van der Waals surface area contributed by atoms with Crippen LogP contribution in [0.25, 0.3) is 0 Å². The molecule has 4 rings (SSSR count). The van der Waals surface area contributed by atoms with E-state index in [2.05, 4.69) is 10.2 Å². The van der Waals surface area contributed by atoms with Gasteiger partial charge in [0.1, 0.15) is 5.75 Å². The van der Waals surface area contributed by atoms with E-state index in [0.717, 1.165) is 25.2 Å². The Morgan fingerprint density at radius 1 is 1.03 bits per heavy atom. The molecular formula is C26H33N3O6. The zero-order chi connectivity index (χ0) is 24.9. The van der Waals surface area contributed by atoms with Gasteiger partial charge in [0, 0.05) is 38.8 Å². The summed E-state index contributed by atoms with van der Waals surface area (Å²) in [5.74, 6) is 0.666. The summed E-state index contributed by atoms with van der Waals surface area (Å²) in [7, 11) is 6.40. The van der Waals surface area contributed by atoms with E-state index in [1.807, 2.05) is 24.3 Å². The average Bonchev–Trinajstić information content (AvgIpc) is 2.90. The van der Waals surface area contributed by atoms with E-state index in [1.165, 1.54) is 7.11 Å². The Bertz CT molecular complexity index is 1050. The van der Waals surface area contributed by atoms with Gasteiger partial charge >= 0.3 is 0 Å². The molecule has 2 aromatic carbocycles. The van der Waals surface area contributed by atoms with Gasteiger partial charge in [-0.1, -0.05) is 12.1 Å². The van der Waals surface area contributed by atoms with Crippen LogP contribution in [0.15, 0.2) is 36.4 Å². The van der Waals surface area contributed by atoms with Crippen molar-refractivity contribution in [3.8, 4) is 17.2 Å². The lowest BCUT2D eigenvalue weighted by Crippen LogP contribution is -2.47. The molecule has 2 aliphatic heterocycles. The third kappa shape index (κ3) is 5.06. The third-order valence-electron chi connectivity index (χ3n) is 6.75. The molecule has 2 aromatic rings. The monoisotopic (exact) mass is 483 g/mol. The number of hydrogen-bond donors (Lipinski definition) is 1. The van der Waals surface area contributed by atoms with Crippen LogP contribution in [0, 0.1) is 0 Å². The van der Waals surface area contributed by atoms with Crippen LogP contribution in [0.4, 0.5) is 0 Å². The van der Waals surface area contributed by atoms with Crippen molar-refractivity contribution in [3.05, 3.63) is 53.1 Å². The number of fused-ring (bicyclic) bond motifs is 1. The minimum absolute atomic E-state index is 0.146. The molecule has 1 fully saturated rings. The Labute approximate surface area is 205 Å². The van der Waals surface area contributed by atoms with Crippen molar-refractivity contribution < 1.29 is 28.5 Å². The van der Waals surface area contributed by atoms with Crippen molar-refractivity contribution >= 4 is 11.8 Å². The summed E-state index contributed by atoms with van der Waals surface area (Å²) in [6, 6.07) is 10.4. The molecule has 0 bridgehead atoms. The number of rotatable bonds is 8. The second-order valence-corrected chi connectivity index (χ2v) is 8.65. The molecule has 35 heavy (non-hydrogen) atoms. The third-order valence-corrected chi connectivity index (χ3v) is 6.75. The van der Waals surface area contributed by atoms with E-state index in [9.17, 15) is 9.59 Å². The number of likely N-dealkylation sites (N-methyl/N-ethyl adjacent to an activating group) is 1. The maximum absolute atomic E-state index is 13.7. The van der Waals surface area contributed by atoms with Crippen LogP contribution in [0.3, 0.4) is 0 Å². The Morgan fingerprint density at radius 2 is 1.69 bits per heavy atom. The molecule has 0 unspecified atom stereocenters. The quantitative estimate of drug-likeness (QED) is 0.615. The lowest BCUT2D eigenvalue weighted by molar-refractivity contribution is -0.124. The van der Waals surface area contributed by atoms with Crippen LogP contribution >= 0.6 is 0 Å². The van der Waals surface area contributed by atoms with Crippen molar-refractivity contribution in [2.45, 2.75) is 12.0 Å². The Kier molecular flexibility index (Phi) is 7.77. The van der Waals surface area contributed by atoms with Gasteiger partial charge in [-0.15, -0.1) is 0 Å². The highest BCUT2D eigenvalue weighted by Gasteiger charge is 2.43. The largest absolute Gasteiger partial charge is 0.497 e. The highest BCUT2D eigenvalue weighted by molar-refractivity contribution is 6.02. The second kappa shape index (κ2) is 11.0. The van der Waals surface area contributed by atoms with Gasteiger partial charge in [-0.2, -0.15) is 0 Å². The predicted molar refractivity (Wildman–Crippen MR) is 130 cm³/mol. The number of carbonyl (C=O) groups is 2. The van der Waals surface area contributed by atoms with Gasteiger partial charge in [-0.05, 0) is 35.4 Å². The summed E-state index contributed by atoms with van der Waals surface area (Å²) in [6.07, 6.45) is 0. The first-order valence-electron chi connectivity index (χ1n) is 11.7. The molecule has 0 spiro atoms. The lowest BCUT2D eigenvalue weighted by Gasteiger charge is -2.40. The Hall–Kier alpha value is -3.30. The van der Waals surface area contributed by atoms with Crippen molar-refractivity contribution in [1.29, 1.82) is 0 Å². The average molecular weight is 484 g/mol. The topological polar surface area (TPSA) is 89.6 Å². The van der Waals surface area contributed by atoms with Gasteiger partial charge in [0.2, 0.25) is 5.91 Å². The fraction of sp³-hybridized carbons (Fsp3) is 0.462. The van der Waals surface area contributed by atoms with E-state index in [-0.39, 0.29) is 11.8 Å². The molecule has 2 heterocycles. The van der Waals surface area contributed by atoms with Crippen molar-refractivity contribution in [1.82, 2.24) is 15.1 Å². The molecule has 0 aromatic heterocycles. The summed E-state index contributed by atoms with van der Waals surface area (Å²) in [4.78, 5) is 31.1. The van der Waals surface area contributed by atoms with E-state index in [0.29, 0.717) is 48.1 Å². The number of benzene rings is 2. The van der Waals surface area contributed by atoms with Crippen LogP contribution in [0.1, 0.15) is 33.4 Å². The molecule has 2 aliphatic rings. The molecule has 188 valence electrons. The van der Waals surface area contributed by atoms with E-state index >= 15 is 0 Å². The van der Waals surface area contributed by atoms with Crippen LogP contribution in [-0.4, -0.2) is 89.4 Å². The molecule has 2 amide bonds. The molecule has 9 heteroatoms. The van der Waals surface area contributed by atoms with Crippen molar-refractivity contribution in [2.24, 2.45) is 0 Å². The summed E-state index contributed by atoms with van der Waals surface area (Å²) in [6.45, 7) is 4.36. The number of methoxy groups -OCH3 is 3. The molecule has 2 atom stereocenters. The standard InChI is InChI=1S/C26H33N3O6/c1-28-24(17-5-7-18(32-2)8-6-17)23(25(30)27-9-10-29-11-13-35-14-12-29)19-15-21(33-3)22(34-4)16-20(19)26(28)31/h5-8,15-16,23-24H,9-14H2,1-4H3,(H,27,30)/t23-,24+/m1/s1. The highest BCUT2D eigenvalue weighted by Crippen LogP contribution is 2.45.